The number of piperidine rings is 1. The molecule has 254 valence electrons. The lowest BCUT2D eigenvalue weighted by molar-refractivity contribution is -0.150. The van der Waals surface area contributed by atoms with Crippen LogP contribution in [0.4, 0.5) is 11.4 Å². The van der Waals surface area contributed by atoms with Gasteiger partial charge in [-0.15, -0.1) is 0 Å². The zero-order valence-corrected chi connectivity index (χ0v) is 29.5. The van der Waals surface area contributed by atoms with Crippen LogP contribution in [0, 0.1) is 5.92 Å². The van der Waals surface area contributed by atoms with Gasteiger partial charge >= 0.3 is 0 Å². The molecule has 0 aromatic heterocycles. The summed E-state index contributed by atoms with van der Waals surface area (Å²) < 4.78 is 6.85. The summed E-state index contributed by atoms with van der Waals surface area (Å²) in [5, 5.41) is 10.3. The average molecular weight is 690 g/mol. The van der Waals surface area contributed by atoms with Gasteiger partial charge in [-0.05, 0) is 67.4 Å². The third-order valence-corrected chi connectivity index (χ3v) is 12.9. The summed E-state index contributed by atoms with van der Waals surface area (Å²) in [6, 6.07) is 22.7. The minimum absolute atomic E-state index is 0.0412. The van der Waals surface area contributed by atoms with Crippen LogP contribution < -0.4 is 9.80 Å². The Bertz CT molecular complexity index is 1670. The molecule has 3 heterocycles. The molecule has 0 aliphatic carbocycles. The van der Waals surface area contributed by atoms with Gasteiger partial charge in [-0.25, -0.2) is 0 Å². The van der Waals surface area contributed by atoms with Gasteiger partial charge in [-0.1, -0.05) is 61.0 Å². The monoisotopic (exact) mass is 689 g/mol. The fourth-order valence-electron chi connectivity index (χ4n) is 7.97. The van der Waals surface area contributed by atoms with E-state index in [1.165, 1.54) is 0 Å². The quantitative estimate of drug-likeness (QED) is 0.268. The lowest BCUT2D eigenvalue weighted by Gasteiger charge is -2.32. The topological polar surface area (TPSA) is 111 Å². The normalized spacial score (nSPS) is 24.0. The van der Waals surface area contributed by atoms with Crippen molar-refractivity contribution < 1.29 is 29.0 Å². The molecule has 3 aromatic carbocycles. The van der Waals surface area contributed by atoms with Crippen molar-refractivity contribution in [1.82, 2.24) is 4.90 Å². The first kappa shape index (κ1) is 34.3. The van der Waals surface area contributed by atoms with Gasteiger partial charge in [0, 0.05) is 53.8 Å². The Balaban J connectivity index is 1.30. The summed E-state index contributed by atoms with van der Waals surface area (Å²) in [5.74, 6) is -0.797. The van der Waals surface area contributed by atoms with Gasteiger partial charge in [-0.3, -0.25) is 14.4 Å². The fraction of sp³-hybridized carbons (Fsp3) is 0.432. The second-order valence-corrected chi connectivity index (χ2v) is 18.2. The molecule has 3 aliphatic rings. The number of halogens is 1. The third-order valence-electron chi connectivity index (χ3n) is 10.2. The summed E-state index contributed by atoms with van der Waals surface area (Å²) in [6.45, 7) is 6.86. The molecule has 1 spiro atoms. The number of carbonyl (C=O) groups excluding carboxylic acids is 3. The highest BCUT2D eigenvalue weighted by Crippen LogP contribution is 2.60. The first-order valence-electron chi connectivity index (χ1n) is 16.8. The predicted molar refractivity (Wildman–Crippen MR) is 188 cm³/mol. The zero-order valence-electron chi connectivity index (χ0n) is 27.8. The average Bonchev–Trinajstić information content (AvgIpc) is 3.48. The van der Waals surface area contributed by atoms with Gasteiger partial charge in [0.1, 0.15) is 0 Å². The molecule has 0 saturated carbocycles. The molecule has 3 aromatic rings. The number of fused-ring (bicyclic) bond motifs is 2. The largest absolute Gasteiger partial charge is 0.432 e. The maximum atomic E-state index is 14.8. The Labute approximate surface area is 288 Å². The van der Waals surface area contributed by atoms with E-state index in [0.717, 1.165) is 29.7 Å². The number of anilines is 2. The number of nitrogens with zero attached hydrogens (tertiary/aromatic N) is 3. The predicted octanol–water partition coefficient (Wildman–Crippen LogP) is 5.61. The molecule has 48 heavy (non-hydrogen) atoms. The SMILES string of the molecule is C[C@H]1[C@H]([Si](C)(C)O)[C@@H](CC(=O)N(CCO)Cc2ccccc2)O[C@]12C(=O)N(Cc1ccc(N3CCCCC3=O)cc1)c1ccc(Cl)cc12. The number of aliphatic hydroxyl groups excluding tert-OH is 1. The molecular formula is C37H44ClN3O6Si. The van der Waals surface area contributed by atoms with E-state index in [9.17, 15) is 24.3 Å². The van der Waals surface area contributed by atoms with Gasteiger partial charge in [0.15, 0.2) is 13.9 Å². The smallest absolute Gasteiger partial charge is 0.264 e. The Hall–Kier alpha value is -3.54. The van der Waals surface area contributed by atoms with Crippen LogP contribution in [-0.2, 0) is 37.8 Å². The van der Waals surface area contributed by atoms with Crippen LogP contribution >= 0.6 is 11.6 Å². The minimum atomic E-state index is -3.01. The molecule has 6 rings (SSSR count). The maximum absolute atomic E-state index is 14.8. The lowest BCUT2D eigenvalue weighted by atomic mass is 9.82. The molecule has 3 amide bonds. The second-order valence-electron chi connectivity index (χ2n) is 13.8. The van der Waals surface area contributed by atoms with E-state index >= 15 is 0 Å². The summed E-state index contributed by atoms with van der Waals surface area (Å²) in [4.78, 5) is 57.9. The van der Waals surface area contributed by atoms with Crippen molar-refractivity contribution in [1.29, 1.82) is 0 Å². The summed E-state index contributed by atoms with van der Waals surface area (Å²) >= 11 is 6.55. The van der Waals surface area contributed by atoms with Gasteiger partial charge in [-0.2, -0.15) is 0 Å². The van der Waals surface area contributed by atoms with E-state index in [4.69, 9.17) is 16.3 Å². The molecule has 2 N–H and O–H groups in total. The number of benzene rings is 3. The van der Waals surface area contributed by atoms with Gasteiger partial charge in [0.2, 0.25) is 11.8 Å². The second kappa shape index (κ2) is 13.8. The van der Waals surface area contributed by atoms with Crippen molar-refractivity contribution in [2.75, 3.05) is 29.5 Å². The Morgan fingerprint density at radius 2 is 1.77 bits per heavy atom. The van der Waals surface area contributed by atoms with Crippen molar-refractivity contribution in [2.24, 2.45) is 5.92 Å². The molecule has 4 atom stereocenters. The summed E-state index contributed by atoms with van der Waals surface area (Å²) in [5.41, 5.74) is 2.11. The number of hydrogen-bond donors (Lipinski definition) is 2. The van der Waals surface area contributed by atoms with E-state index < -0.39 is 31.5 Å². The van der Waals surface area contributed by atoms with E-state index in [1.54, 1.807) is 21.9 Å². The van der Waals surface area contributed by atoms with Gasteiger partial charge < -0.3 is 29.3 Å². The van der Waals surface area contributed by atoms with Crippen molar-refractivity contribution in [3.8, 4) is 0 Å². The van der Waals surface area contributed by atoms with E-state index in [1.807, 2.05) is 85.6 Å². The molecule has 2 fully saturated rings. The molecule has 0 bridgehead atoms. The standard InChI is InChI=1S/C37H44ClN3O6Si/c1-25-35(48(2,3)46)32(22-34(44)39(19-20-42)23-26-9-5-4-6-10-26)47-37(25)30-21-28(38)14-17-31(30)41(36(37)45)24-27-12-15-29(16-13-27)40-18-8-7-11-33(40)43/h4-6,9-10,12-17,21,25,32,35,42,46H,7-8,11,18-20,22-24H2,1-3H3/t25-,32+,35-,37+/m0/s1. The highest BCUT2D eigenvalue weighted by Gasteiger charge is 2.66. The van der Waals surface area contributed by atoms with Crippen LogP contribution in [0.25, 0.3) is 0 Å². The molecule has 9 nitrogen and oxygen atoms in total. The Morgan fingerprint density at radius 3 is 2.44 bits per heavy atom. The Morgan fingerprint density at radius 1 is 1.04 bits per heavy atom. The van der Waals surface area contributed by atoms with Crippen molar-refractivity contribution in [3.63, 3.8) is 0 Å². The first-order chi connectivity index (χ1) is 22.9. The van der Waals surface area contributed by atoms with Crippen LogP contribution in [0.2, 0.25) is 23.7 Å². The van der Waals surface area contributed by atoms with Crippen LogP contribution in [0.5, 0.6) is 0 Å². The number of aliphatic hydroxyl groups is 1. The molecule has 2 saturated heterocycles. The Kier molecular flexibility index (Phi) is 9.84. The van der Waals surface area contributed by atoms with Crippen molar-refractivity contribution >= 4 is 49.0 Å². The molecule has 0 unspecified atom stereocenters. The number of ether oxygens (including phenoxy) is 1. The van der Waals surface area contributed by atoms with Crippen LogP contribution in [0.3, 0.4) is 0 Å². The van der Waals surface area contributed by atoms with Crippen LogP contribution in [0.1, 0.15) is 49.3 Å². The number of rotatable bonds is 10. The van der Waals surface area contributed by atoms with Crippen LogP contribution in [0.15, 0.2) is 72.8 Å². The highest BCUT2D eigenvalue weighted by molar-refractivity contribution is 6.71. The molecule has 11 heteroatoms. The number of hydrogen-bond acceptors (Lipinski definition) is 6. The zero-order chi connectivity index (χ0) is 34.2. The first-order valence-corrected chi connectivity index (χ1v) is 20.2. The fourth-order valence-corrected chi connectivity index (χ4v) is 10.7. The van der Waals surface area contributed by atoms with Gasteiger partial charge in [0.25, 0.3) is 5.91 Å². The molecular weight excluding hydrogens is 646 g/mol. The van der Waals surface area contributed by atoms with Crippen molar-refractivity contribution in [3.05, 3.63) is 94.5 Å². The number of carbonyl (C=O) groups is 3. The molecule has 0 radical (unpaired) electrons. The molecule has 3 aliphatic heterocycles. The van der Waals surface area contributed by atoms with E-state index in [-0.39, 0.29) is 43.8 Å². The van der Waals surface area contributed by atoms with Crippen LogP contribution in [-0.4, -0.2) is 66.6 Å². The third kappa shape index (κ3) is 6.44. The van der Waals surface area contributed by atoms with E-state index in [2.05, 4.69) is 0 Å². The summed E-state index contributed by atoms with van der Waals surface area (Å²) in [7, 11) is -3.01. The highest BCUT2D eigenvalue weighted by atomic mass is 35.5. The minimum Gasteiger partial charge on any atom is -0.432 e. The lowest BCUT2D eigenvalue weighted by Crippen LogP contribution is -2.46. The van der Waals surface area contributed by atoms with E-state index in [0.29, 0.717) is 35.8 Å². The maximum Gasteiger partial charge on any atom is 0.264 e. The number of amides is 3. The van der Waals surface area contributed by atoms with Gasteiger partial charge in [0.05, 0.1) is 31.4 Å². The summed E-state index contributed by atoms with van der Waals surface area (Å²) in [6.07, 6.45) is 1.67. The van der Waals surface area contributed by atoms with Crippen molar-refractivity contribution in [2.45, 2.75) is 76.0 Å².